The van der Waals surface area contributed by atoms with Crippen molar-refractivity contribution in [1.82, 2.24) is 4.98 Å². The Morgan fingerprint density at radius 1 is 1.69 bits per heavy atom. The van der Waals surface area contributed by atoms with Gasteiger partial charge in [0, 0.05) is 24.6 Å². The van der Waals surface area contributed by atoms with Crippen LogP contribution in [-0.2, 0) is 0 Å². The Kier molecular flexibility index (Phi) is 5.68. The molecule has 5 heteroatoms. The number of aliphatic hydroxyl groups is 1. The van der Waals surface area contributed by atoms with Gasteiger partial charge in [0.2, 0.25) is 0 Å². The van der Waals surface area contributed by atoms with Crippen LogP contribution in [0.25, 0.3) is 0 Å². The van der Waals surface area contributed by atoms with Crippen molar-refractivity contribution in [2.24, 2.45) is 0 Å². The number of nitriles is 1. The first kappa shape index (κ1) is 12.8. The van der Waals surface area contributed by atoms with Gasteiger partial charge < -0.3 is 10.4 Å². The molecule has 1 heterocycles. The van der Waals surface area contributed by atoms with Crippen LogP contribution in [0.15, 0.2) is 18.3 Å². The molecule has 16 heavy (non-hydrogen) atoms. The van der Waals surface area contributed by atoms with E-state index >= 15 is 0 Å². The molecule has 0 radical (unpaired) electrons. The molecular weight excluding hydrogens is 222 g/mol. The van der Waals surface area contributed by atoms with Crippen molar-refractivity contribution < 1.29 is 5.11 Å². The standard InChI is InChI=1S/C11H15N3OS/c1-16-8-10(4-6-15)14-11-9(7-12)3-2-5-13-11/h2-3,5,10,15H,4,6,8H2,1H3,(H,13,14). The molecule has 1 aromatic heterocycles. The molecule has 1 aromatic rings. The maximum absolute atomic E-state index is 8.93. The summed E-state index contributed by atoms with van der Waals surface area (Å²) in [4.78, 5) is 4.13. The van der Waals surface area contributed by atoms with Gasteiger partial charge in [0.05, 0.1) is 5.56 Å². The van der Waals surface area contributed by atoms with E-state index in [4.69, 9.17) is 10.4 Å². The molecule has 0 saturated carbocycles. The predicted octanol–water partition coefficient (Wildman–Crippen LogP) is 1.48. The first-order valence-corrected chi connectivity index (χ1v) is 6.42. The second-order valence-electron chi connectivity index (χ2n) is 3.32. The fourth-order valence-corrected chi connectivity index (χ4v) is 2.01. The zero-order valence-corrected chi connectivity index (χ0v) is 10.00. The Bertz CT molecular complexity index is 358. The molecule has 1 unspecified atom stereocenters. The van der Waals surface area contributed by atoms with Gasteiger partial charge in [0.15, 0.2) is 0 Å². The fraction of sp³-hybridized carbons (Fsp3) is 0.455. The maximum Gasteiger partial charge on any atom is 0.144 e. The number of aliphatic hydroxyl groups excluding tert-OH is 1. The summed E-state index contributed by atoms with van der Waals surface area (Å²) in [7, 11) is 0. The number of aromatic nitrogens is 1. The van der Waals surface area contributed by atoms with Crippen LogP contribution < -0.4 is 5.32 Å². The van der Waals surface area contributed by atoms with Crippen LogP contribution in [0.2, 0.25) is 0 Å². The fourth-order valence-electron chi connectivity index (χ4n) is 1.36. The second kappa shape index (κ2) is 7.09. The average Bonchev–Trinajstić information content (AvgIpc) is 2.30. The molecule has 0 spiro atoms. The van der Waals surface area contributed by atoms with Crippen LogP contribution >= 0.6 is 11.8 Å². The third kappa shape index (κ3) is 3.72. The summed E-state index contributed by atoms with van der Waals surface area (Å²) >= 11 is 1.70. The van der Waals surface area contributed by atoms with E-state index in [-0.39, 0.29) is 12.6 Å². The minimum Gasteiger partial charge on any atom is -0.396 e. The SMILES string of the molecule is CSCC(CCO)Nc1ncccc1C#N. The number of hydrogen-bond acceptors (Lipinski definition) is 5. The van der Waals surface area contributed by atoms with Crippen molar-refractivity contribution in [3.63, 3.8) is 0 Å². The number of nitrogens with one attached hydrogen (secondary N) is 1. The predicted molar refractivity (Wildman–Crippen MR) is 66.4 cm³/mol. The van der Waals surface area contributed by atoms with Gasteiger partial charge in [-0.25, -0.2) is 4.98 Å². The van der Waals surface area contributed by atoms with E-state index < -0.39 is 0 Å². The van der Waals surface area contributed by atoms with Gasteiger partial charge in [-0.2, -0.15) is 17.0 Å². The van der Waals surface area contributed by atoms with Gasteiger partial charge >= 0.3 is 0 Å². The Morgan fingerprint density at radius 3 is 3.12 bits per heavy atom. The zero-order valence-electron chi connectivity index (χ0n) is 9.18. The molecular formula is C11H15N3OS. The zero-order chi connectivity index (χ0) is 11.8. The number of nitrogens with zero attached hydrogens (tertiary/aromatic N) is 2. The molecule has 1 atom stereocenters. The molecule has 86 valence electrons. The molecule has 0 bridgehead atoms. The van der Waals surface area contributed by atoms with Gasteiger partial charge in [-0.15, -0.1) is 0 Å². The summed E-state index contributed by atoms with van der Waals surface area (Å²) in [5.41, 5.74) is 0.534. The molecule has 0 amide bonds. The first-order chi connectivity index (χ1) is 7.81. The summed E-state index contributed by atoms with van der Waals surface area (Å²) in [6, 6.07) is 5.69. The number of rotatable bonds is 6. The van der Waals surface area contributed by atoms with E-state index in [1.807, 2.05) is 6.26 Å². The van der Waals surface area contributed by atoms with E-state index in [9.17, 15) is 0 Å². The molecule has 0 aliphatic carbocycles. The van der Waals surface area contributed by atoms with Crippen molar-refractivity contribution in [2.75, 3.05) is 23.9 Å². The molecule has 0 aliphatic heterocycles. The minimum absolute atomic E-state index is 0.132. The highest BCUT2D eigenvalue weighted by molar-refractivity contribution is 7.98. The highest BCUT2D eigenvalue weighted by atomic mass is 32.2. The lowest BCUT2D eigenvalue weighted by atomic mass is 10.2. The molecule has 2 N–H and O–H groups in total. The quantitative estimate of drug-likeness (QED) is 0.784. The molecule has 0 fully saturated rings. The first-order valence-electron chi connectivity index (χ1n) is 5.03. The van der Waals surface area contributed by atoms with Crippen LogP contribution in [0.3, 0.4) is 0 Å². The van der Waals surface area contributed by atoms with Gasteiger partial charge in [-0.05, 0) is 24.8 Å². The Morgan fingerprint density at radius 2 is 2.50 bits per heavy atom. The minimum atomic E-state index is 0.132. The Hall–Kier alpha value is -1.25. The molecule has 4 nitrogen and oxygen atoms in total. The molecule has 0 aromatic carbocycles. The summed E-state index contributed by atoms with van der Waals surface area (Å²) < 4.78 is 0. The van der Waals surface area contributed by atoms with E-state index in [0.717, 1.165) is 5.75 Å². The van der Waals surface area contributed by atoms with Crippen molar-refractivity contribution in [2.45, 2.75) is 12.5 Å². The van der Waals surface area contributed by atoms with Crippen molar-refractivity contribution in [3.05, 3.63) is 23.9 Å². The van der Waals surface area contributed by atoms with Gasteiger partial charge in [-0.1, -0.05) is 0 Å². The van der Waals surface area contributed by atoms with E-state index in [2.05, 4.69) is 16.4 Å². The van der Waals surface area contributed by atoms with Gasteiger partial charge in [0.1, 0.15) is 11.9 Å². The van der Waals surface area contributed by atoms with Crippen LogP contribution in [0, 0.1) is 11.3 Å². The van der Waals surface area contributed by atoms with Gasteiger partial charge in [0.25, 0.3) is 0 Å². The van der Waals surface area contributed by atoms with Gasteiger partial charge in [-0.3, -0.25) is 0 Å². The van der Waals surface area contributed by atoms with Crippen molar-refractivity contribution >= 4 is 17.6 Å². The number of pyridine rings is 1. The normalized spacial score (nSPS) is 11.8. The lowest BCUT2D eigenvalue weighted by molar-refractivity contribution is 0.282. The van der Waals surface area contributed by atoms with Crippen LogP contribution in [-0.4, -0.2) is 34.7 Å². The van der Waals surface area contributed by atoms with E-state index in [0.29, 0.717) is 17.8 Å². The number of anilines is 1. The summed E-state index contributed by atoms with van der Waals surface area (Å²) in [6.45, 7) is 0.132. The topological polar surface area (TPSA) is 68.9 Å². The average molecular weight is 237 g/mol. The number of hydrogen-bond donors (Lipinski definition) is 2. The third-order valence-corrected chi connectivity index (χ3v) is 2.85. The molecule has 0 aliphatic rings. The third-order valence-electron chi connectivity index (χ3n) is 2.11. The van der Waals surface area contributed by atoms with Crippen molar-refractivity contribution in [1.29, 1.82) is 5.26 Å². The monoisotopic (exact) mass is 237 g/mol. The van der Waals surface area contributed by atoms with E-state index in [1.54, 1.807) is 30.1 Å². The summed E-state index contributed by atoms with van der Waals surface area (Å²) in [5.74, 6) is 1.47. The summed E-state index contributed by atoms with van der Waals surface area (Å²) in [5, 5.41) is 21.0. The highest BCUT2D eigenvalue weighted by Crippen LogP contribution is 2.14. The second-order valence-corrected chi connectivity index (χ2v) is 4.23. The molecule has 0 saturated heterocycles. The Balaban J connectivity index is 2.72. The van der Waals surface area contributed by atoms with E-state index in [1.165, 1.54) is 0 Å². The maximum atomic E-state index is 8.93. The smallest absolute Gasteiger partial charge is 0.144 e. The summed E-state index contributed by atoms with van der Waals surface area (Å²) in [6.07, 6.45) is 4.32. The van der Waals surface area contributed by atoms with Crippen molar-refractivity contribution in [3.8, 4) is 6.07 Å². The lowest BCUT2D eigenvalue weighted by Gasteiger charge is -2.17. The lowest BCUT2D eigenvalue weighted by Crippen LogP contribution is -2.24. The van der Waals surface area contributed by atoms with Crippen LogP contribution in [0.4, 0.5) is 5.82 Å². The highest BCUT2D eigenvalue weighted by Gasteiger charge is 2.10. The largest absolute Gasteiger partial charge is 0.396 e. The van der Waals surface area contributed by atoms with Crippen LogP contribution in [0.5, 0.6) is 0 Å². The van der Waals surface area contributed by atoms with Crippen LogP contribution in [0.1, 0.15) is 12.0 Å². The Labute approximate surface area is 99.7 Å². The molecule has 1 rings (SSSR count). The number of thioether (sulfide) groups is 1.